The second-order valence-electron chi connectivity index (χ2n) is 10.4. The van der Waals surface area contributed by atoms with E-state index in [0.717, 1.165) is 36.8 Å². The van der Waals surface area contributed by atoms with Gasteiger partial charge in [-0.05, 0) is 43.9 Å². The van der Waals surface area contributed by atoms with Crippen LogP contribution in [0.4, 0.5) is 14.5 Å². The zero-order chi connectivity index (χ0) is 25.8. The smallest absolute Gasteiger partial charge is 0.307 e. The van der Waals surface area contributed by atoms with Crippen molar-refractivity contribution in [2.24, 2.45) is 11.8 Å². The second-order valence-corrected chi connectivity index (χ2v) is 13.0. The Balaban J connectivity index is 1.31. The zero-order valence-corrected chi connectivity index (χ0v) is 21.4. The van der Waals surface area contributed by atoms with E-state index in [9.17, 15) is 31.9 Å². The maximum absolute atomic E-state index is 13.6. The summed E-state index contributed by atoms with van der Waals surface area (Å²) in [5, 5.41) is 8.59. The summed E-state index contributed by atoms with van der Waals surface area (Å²) in [4.78, 5) is 30.3. The molecule has 4 aliphatic rings. The molecule has 2 aliphatic heterocycles. The Morgan fingerprint density at radius 1 is 1.03 bits per heavy atom. The van der Waals surface area contributed by atoms with Gasteiger partial charge in [0.05, 0.1) is 33.5 Å². The number of carbonyl (C=O) groups excluding carboxylic acids is 1. The summed E-state index contributed by atoms with van der Waals surface area (Å²) in [5.74, 6) is -7.46. The highest BCUT2D eigenvalue weighted by Crippen LogP contribution is 2.42. The Hall–Kier alpha value is -1.98. The SMILES string of the molecule is O=C(O)[C@@H]1C[C@H](S(=O)(=O)c2ccc(N3CCN(C4CC4)CC3)cc2Cl)C[C@H]1C(=O)N1CCC(F)(F)C1. The van der Waals surface area contributed by atoms with Gasteiger partial charge in [0.15, 0.2) is 9.84 Å². The van der Waals surface area contributed by atoms with Crippen LogP contribution in [0.2, 0.25) is 5.02 Å². The van der Waals surface area contributed by atoms with Gasteiger partial charge < -0.3 is 14.9 Å². The number of benzene rings is 1. The minimum absolute atomic E-state index is 0.0537. The molecule has 2 heterocycles. The first-order valence-corrected chi connectivity index (χ1v) is 14.3. The van der Waals surface area contributed by atoms with Gasteiger partial charge in [0.25, 0.3) is 5.92 Å². The van der Waals surface area contributed by atoms with E-state index in [1.165, 1.54) is 18.9 Å². The van der Waals surface area contributed by atoms with Crippen molar-refractivity contribution in [1.29, 1.82) is 0 Å². The van der Waals surface area contributed by atoms with E-state index in [-0.39, 0.29) is 29.3 Å². The number of hydrogen-bond donors (Lipinski definition) is 1. The molecule has 8 nitrogen and oxygen atoms in total. The fourth-order valence-corrected chi connectivity index (χ4v) is 8.20. The predicted molar refractivity (Wildman–Crippen MR) is 129 cm³/mol. The van der Waals surface area contributed by atoms with Crippen LogP contribution in [0.1, 0.15) is 32.1 Å². The first kappa shape index (κ1) is 25.7. The molecule has 4 fully saturated rings. The number of alkyl halides is 2. The first-order valence-electron chi connectivity index (χ1n) is 12.4. The summed E-state index contributed by atoms with van der Waals surface area (Å²) in [6.45, 7) is 2.59. The van der Waals surface area contributed by atoms with Crippen LogP contribution in [0.3, 0.4) is 0 Å². The number of likely N-dealkylation sites (tertiary alicyclic amines) is 1. The molecule has 0 spiro atoms. The lowest BCUT2D eigenvalue weighted by atomic mass is 9.95. The van der Waals surface area contributed by atoms with Crippen molar-refractivity contribution in [3.05, 3.63) is 23.2 Å². The van der Waals surface area contributed by atoms with E-state index >= 15 is 0 Å². The van der Waals surface area contributed by atoms with Crippen molar-refractivity contribution in [3.63, 3.8) is 0 Å². The standard InChI is InChI=1S/C24H30ClF2N3O5S/c25-20-11-16(29-9-7-28(8-10-29)15-1-2-15)3-4-21(20)36(34,35)17-12-18(19(13-17)23(32)33)22(31)30-6-5-24(26,27)14-30/h3-4,11,15,17-19H,1-2,5-10,12-14H2,(H,32,33)/t17-,18-,19-/m1/s1. The van der Waals surface area contributed by atoms with Crippen LogP contribution >= 0.6 is 11.6 Å². The highest BCUT2D eigenvalue weighted by Gasteiger charge is 2.51. The zero-order valence-electron chi connectivity index (χ0n) is 19.8. The van der Waals surface area contributed by atoms with Gasteiger partial charge in [-0.25, -0.2) is 17.2 Å². The van der Waals surface area contributed by atoms with Gasteiger partial charge in [0.1, 0.15) is 0 Å². The molecule has 1 aromatic rings. The number of hydrogen-bond acceptors (Lipinski definition) is 6. The number of carboxylic acids is 1. The average molecular weight is 546 g/mol. The molecular formula is C24H30ClF2N3O5S. The van der Waals surface area contributed by atoms with Crippen LogP contribution in [0.25, 0.3) is 0 Å². The summed E-state index contributed by atoms with van der Waals surface area (Å²) < 4.78 is 54.2. The van der Waals surface area contributed by atoms with Gasteiger partial charge in [-0.2, -0.15) is 0 Å². The molecule has 0 aromatic heterocycles. The average Bonchev–Trinajstić information content (AvgIpc) is 3.46. The number of carboxylic acid groups (broad SMARTS) is 1. The highest BCUT2D eigenvalue weighted by atomic mass is 35.5. The number of anilines is 1. The molecule has 0 unspecified atom stereocenters. The van der Waals surface area contributed by atoms with Crippen LogP contribution in [0.15, 0.2) is 23.1 Å². The van der Waals surface area contributed by atoms with E-state index in [1.54, 1.807) is 12.1 Å². The third-order valence-electron chi connectivity index (χ3n) is 8.04. The Bertz CT molecular complexity index is 1150. The first-order chi connectivity index (χ1) is 17.0. The van der Waals surface area contributed by atoms with Crippen LogP contribution < -0.4 is 4.90 Å². The third-order valence-corrected chi connectivity index (χ3v) is 10.7. The summed E-state index contributed by atoms with van der Waals surface area (Å²) >= 11 is 6.44. The lowest BCUT2D eigenvalue weighted by Gasteiger charge is -2.36. The molecule has 198 valence electrons. The topological polar surface area (TPSA) is 98.2 Å². The molecule has 3 atom stereocenters. The van der Waals surface area contributed by atoms with Gasteiger partial charge in [-0.15, -0.1) is 0 Å². The number of piperazine rings is 1. The lowest BCUT2D eigenvalue weighted by Crippen LogP contribution is -2.47. The third kappa shape index (κ3) is 4.93. The number of carbonyl (C=O) groups is 2. The second kappa shape index (κ2) is 9.40. The van der Waals surface area contributed by atoms with Crippen molar-refractivity contribution < 1.29 is 31.9 Å². The number of halogens is 3. The van der Waals surface area contributed by atoms with Crippen molar-refractivity contribution in [2.45, 2.75) is 54.2 Å². The lowest BCUT2D eigenvalue weighted by molar-refractivity contribution is -0.149. The van der Waals surface area contributed by atoms with Crippen LogP contribution in [0, 0.1) is 11.8 Å². The van der Waals surface area contributed by atoms with Crippen molar-refractivity contribution >= 4 is 39.0 Å². The number of rotatable bonds is 6. The van der Waals surface area contributed by atoms with Gasteiger partial charge in [-0.3, -0.25) is 14.5 Å². The molecule has 1 amide bonds. The molecule has 36 heavy (non-hydrogen) atoms. The van der Waals surface area contributed by atoms with E-state index in [1.807, 2.05) is 0 Å². The molecule has 5 rings (SSSR count). The summed E-state index contributed by atoms with van der Waals surface area (Å²) in [5.41, 5.74) is 0.826. The molecule has 0 radical (unpaired) electrons. The van der Waals surface area contributed by atoms with Gasteiger partial charge in [-0.1, -0.05) is 11.6 Å². The van der Waals surface area contributed by atoms with E-state index in [4.69, 9.17) is 11.6 Å². The van der Waals surface area contributed by atoms with E-state index in [0.29, 0.717) is 6.04 Å². The quantitative estimate of drug-likeness (QED) is 0.587. The molecule has 2 saturated heterocycles. The molecule has 2 aliphatic carbocycles. The molecule has 0 bridgehead atoms. The molecule has 12 heteroatoms. The molecular weight excluding hydrogens is 516 g/mol. The van der Waals surface area contributed by atoms with E-state index < -0.39 is 57.7 Å². The number of sulfone groups is 1. The number of nitrogens with zero attached hydrogens (tertiary/aromatic N) is 3. The normalized spacial score (nSPS) is 29.0. The van der Waals surface area contributed by atoms with Crippen molar-refractivity contribution in [3.8, 4) is 0 Å². The van der Waals surface area contributed by atoms with Gasteiger partial charge in [0.2, 0.25) is 5.91 Å². The van der Waals surface area contributed by atoms with E-state index in [2.05, 4.69) is 9.80 Å². The maximum Gasteiger partial charge on any atom is 0.307 e. The fourth-order valence-electron chi connectivity index (χ4n) is 5.83. The Kier molecular flexibility index (Phi) is 6.70. The minimum Gasteiger partial charge on any atom is -0.481 e. The Morgan fingerprint density at radius 3 is 2.25 bits per heavy atom. The molecule has 1 aromatic carbocycles. The monoisotopic (exact) mass is 545 g/mol. The molecule has 2 saturated carbocycles. The van der Waals surface area contributed by atoms with Crippen molar-refractivity contribution in [1.82, 2.24) is 9.80 Å². The predicted octanol–water partition coefficient (Wildman–Crippen LogP) is 2.75. The molecule has 1 N–H and O–H groups in total. The largest absolute Gasteiger partial charge is 0.481 e. The van der Waals surface area contributed by atoms with Gasteiger partial charge in [0, 0.05) is 50.9 Å². The summed E-state index contributed by atoms with van der Waals surface area (Å²) in [6.07, 6.45) is 1.52. The van der Waals surface area contributed by atoms with Crippen molar-refractivity contribution in [2.75, 3.05) is 44.2 Å². The van der Waals surface area contributed by atoms with Crippen LogP contribution in [-0.2, 0) is 19.4 Å². The Labute approximate surface area is 214 Å². The fraction of sp³-hybridized carbons (Fsp3) is 0.667. The van der Waals surface area contributed by atoms with Crippen LogP contribution in [0.5, 0.6) is 0 Å². The highest BCUT2D eigenvalue weighted by molar-refractivity contribution is 7.92. The minimum atomic E-state index is -4.05. The van der Waals surface area contributed by atoms with Crippen LogP contribution in [-0.4, -0.2) is 91.7 Å². The Morgan fingerprint density at radius 2 is 1.69 bits per heavy atom. The number of amides is 1. The maximum atomic E-state index is 13.6. The summed E-state index contributed by atoms with van der Waals surface area (Å²) in [7, 11) is -4.05. The van der Waals surface area contributed by atoms with Gasteiger partial charge >= 0.3 is 5.97 Å². The number of aliphatic carboxylic acids is 1. The summed E-state index contributed by atoms with van der Waals surface area (Å²) in [6, 6.07) is 5.48.